The Hall–Kier alpha value is -3.15. The van der Waals surface area contributed by atoms with Gasteiger partial charge in [-0.3, -0.25) is 0 Å². The fourth-order valence-electron chi connectivity index (χ4n) is 5.15. The van der Waals surface area contributed by atoms with Crippen LogP contribution in [-0.2, 0) is 33.4 Å². The van der Waals surface area contributed by atoms with Crippen LogP contribution in [0.1, 0.15) is 64.7 Å². The van der Waals surface area contributed by atoms with Crippen LogP contribution in [0.2, 0.25) is 0 Å². The van der Waals surface area contributed by atoms with Crippen molar-refractivity contribution >= 4 is 29.8 Å². The Balaban J connectivity index is 2.03. The van der Waals surface area contributed by atoms with E-state index in [0.29, 0.717) is 6.42 Å². The summed E-state index contributed by atoms with van der Waals surface area (Å²) in [6.45, 7) is 2.01. The van der Waals surface area contributed by atoms with Gasteiger partial charge in [0.15, 0.2) is 0 Å². The smallest absolute Gasteiger partial charge is 0.345 e. The number of rotatable bonds is 11. The van der Waals surface area contributed by atoms with Crippen LogP contribution in [0.25, 0.3) is 0 Å². The van der Waals surface area contributed by atoms with E-state index >= 15 is 0 Å². The molecule has 3 aliphatic rings. The summed E-state index contributed by atoms with van der Waals surface area (Å²) in [5.74, 6) is -7.62. The van der Waals surface area contributed by atoms with Crippen molar-refractivity contribution in [3.8, 4) is 0 Å². The SMILES string of the molecule is CCCCCC[C@H](O)[C@@H]1C2=C(C[C@@H]([C@H](O)CC/C=C\C(=O)O)CC3=C(C(=O)OC3=O)[C@@H]1O)C(=O)OC2=O. The number of aliphatic hydroxyl groups excluding tert-OH is 3. The van der Waals surface area contributed by atoms with Crippen molar-refractivity contribution in [2.75, 3.05) is 0 Å². The third kappa shape index (κ3) is 6.41. The molecule has 0 saturated carbocycles. The van der Waals surface area contributed by atoms with Gasteiger partial charge in [-0.25, -0.2) is 24.0 Å². The number of aliphatic hydroxyl groups is 3. The normalized spacial score (nSPS) is 25.9. The number of hydrogen-bond donors (Lipinski definition) is 4. The van der Waals surface area contributed by atoms with E-state index in [9.17, 15) is 39.3 Å². The molecule has 3 rings (SSSR count). The van der Waals surface area contributed by atoms with Gasteiger partial charge in [-0.1, -0.05) is 38.7 Å². The standard InChI is InChI=1S/C26H32O11/c1-2-3-4-5-9-17(28)21-19-14(23(32)36-25(19)34)11-13(16(27)8-6-7-10-18(29)30)12-15-20(22(21)31)26(35)37-24(15)33/h7,10,13,16-17,21-22,27-28,31H,2-6,8-9,11-12H2,1H3,(H,29,30)/b10-7-/t13-,16-,17+,21-,22+/m1/s1. The maximum absolute atomic E-state index is 12.8. The van der Waals surface area contributed by atoms with Crippen LogP contribution >= 0.6 is 0 Å². The summed E-state index contributed by atoms with van der Waals surface area (Å²) >= 11 is 0. The zero-order valence-electron chi connectivity index (χ0n) is 20.6. The second kappa shape index (κ2) is 12.4. The van der Waals surface area contributed by atoms with Gasteiger partial charge < -0.3 is 29.9 Å². The van der Waals surface area contributed by atoms with Crippen LogP contribution < -0.4 is 0 Å². The molecule has 0 fully saturated rings. The zero-order chi connectivity index (χ0) is 27.3. The largest absolute Gasteiger partial charge is 0.478 e. The molecule has 0 saturated heterocycles. The van der Waals surface area contributed by atoms with Crippen molar-refractivity contribution in [1.29, 1.82) is 0 Å². The number of allylic oxidation sites excluding steroid dienone is 1. The van der Waals surface area contributed by atoms with E-state index in [1.54, 1.807) is 0 Å². The van der Waals surface area contributed by atoms with Crippen molar-refractivity contribution in [1.82, 2.24) is 0 Å². The van der Waals surface area contributed by atoms with Gasteiger partial charge >= 0.3 is 29.8 Å². The molecule has 4 N–H and O–H groups in total. The van der Waals surface area contributed by atoms with Crippen molar-refractivity contribution in [3.05, 3.63) is 34.4 Å². The lowest BCUT2D eigenvalue weighted by atomic mass is 9.80. The van der Waals surface area contributed by atoms with Gasteiger partial charge in [0.1, 0.15) is 0 Å². The first-order valence-electron chi connectivity index (χ1n) is 12.5. The average molecular weight is 521 g/mol. The van der Waals surface area contributed by atoms with Crippen LogP contribution in [0.3, 0.4) is 0 Å². The van der Waals surface area contributed by atoms with E-state index in [-0.39, 0.29) is 48.8 Å². The lowest BCUT2D eigenvalue weighted by Gasteiger charge is -2.28. The van der Waals surface area contributed by atoms with E-state index in [1.807, 2.05) is 6.92 Å². The Labute approximate surface area is 213 Å². The number of carboxylic acid groups (broad SMARTS) is 1. The fraction of sp³-hybridized carbons (Fsp3) is 0.577. The number of carbonyl (C=O) groups is 5. The average Bonchev–Trinajstić information content (AvgIpc) is 3.28. The molecule has 2 aliphatic heterocycles. The van der Waals surface area contributed by atoms with Crippen molar-refractivity contribution in [2.45, 2.75) is 83.0 Å². The number of aliphatic carboxylic acids is 1. The van der Waals surface area contributed by atoms with Gasteiger partial charge in [0.25, 0.3) is 0 Å². The highest BCUT2D eigenvalue weighted by Crippen LogP contribution is 2.42. The molecule has 0 unspecified atom stereocenters. The Morgan fingerprint density at radius 2 is 1.49 bits per heavy atom. The van der Waals surface area contributed by atoms with Crippen molar-refractivity contribution in [3.63, 3.8) is 0 Å². The summed E-state index contributed by atoms with van der Waals surface area (Å²) in [5, 5.41) is 42.0. The van der Waals surface area contributed by atoms with Crippen LogP contribution in [0, 0.1) is 11.8 Å². The Morgan fingerprint density at radius 3 is 2.08 bits per heavy atom. The topological polar surface area (TPSA) is 185 Å². The van der Waals surface area contributed by atoms with Gasteiger partial charge in [-0.2, -0.15) is 0 Å². The molecular formula is C26H32O11. The predicted octanol–water partition coefficient (Wildman–Crippen LogP) is 1.25. The minimum atomic E-state index is -1.83. The molecular weight excluding hydrogens is 488 g/mol. The molecule has 11 heteroatoms. The molecule has 202 valence electrons. The zero-order valence-corrected chi connectivity index (χ0v) is 20.6. The first kappa shape index (κ1) is 28.4. The fourth-order valence-corrected chi connectivity index (χ4v) is 5.15. The second-order valence-corrected chi connectivity index (χ2v) is 9.58. The molecule has 1 aliphatic carbocycles. The molecule has 5 atom stereocenters. The molecule has 0 amide bonds. The monoisotopic (exact) mass is 520 g/mol. The molecule has 0 aromatic rings. The Kier molecular flexibility index (Phi) is 9.52. The quantitative estimate of drug-likeness (QED) is 0.133. The highest BCUT2D eigenvalue weighted by molar-refractivity contribution is 6.15. The summed E-state index contributed by atoms with van der Waals surface area (Å²) in [6, 6.07) is 0. The molecule has 0 aromatic heterocycles. The third-order valence-electron chi connectivity index (χ3n) is 7.06. The minimum absolute atomic E-state index is 0.0533. The summed E-state index contributed by atoms with van der Waals surface area (Å²) in [5.41, 5.74) is -1.00. The summed E-state index contributed by atoms with van der Waals surface area (Å²) in [4.78, 5) is 61.3. The lowest BCUT2D eigenvalue weighted by Crippen LogP contribution is -2.38. The number of ether oxygens (including phenoxy) is 2. The van der Waals surface area contributed by atoms with Gasteiger partial charge in [0.2, 0.25) is 0 Å². The first-order valence-corrected chi connectivity index (χ1v) is 12.5. The number of hydrogen-bond acceptors (Lipinski definition) is 10. The Bertz CT molecular complexity index is 1050. The number of carboxylic acids is 1. The van der Waals surface area contributed by atoms with Crippen molar-refractivity contribution in [2.24, 2.45) is 11.8 Å². The van der Waals surface area contributed by atoms with E-state index in [0.717, 1.165) is 25.3 Å². The first-order chi connectivity index (χ1) is 17.6. The molecule has 11 nitrogen and oxygen atoms in total. The molecule has 37 heavy (non-hydrogen) atoms. The molecule has 0 aromatic carbocycles. The minimum Gasteiger partial charge on any atom is -0.478 e. The second-order valence-electron chi connectivity index (χ2n) is 9.58. The van der Waals surface area contributed by atoms with Crippen LogP contribution in [-0.4, -0.2) is 68.6 Å². The lowest BCUT2D eigenvalue weighted by molar-refractivity contribution is -0.154. The number of carbonyl (C=O) groups excluding carboxylic acids is 4. The predicted molar refractivity (Wildman–Crippen MR) is 125 cm³/mol. The van der Waals surface area contributed by atoms with Crippen LogP contribution in [0.15, 0.2) is 34.4 Å². The number of esters is 4. The highest BCUT2D eigenvalue weighted by Gasteiger charge is 2.50. The highest BCUT2D eigenvalue weighted by atomic mass is 16.6. The molecule has 0 radical (unpaired) electrons. The van der Waals surface area contributed by atoms with Crippen LogP contribution in [0.5, 0.6) is 0 Å². The number of cyclic esters (lactones) is 4. The molecule has 2 heterocycles. The summed E-state index contributed by atoms with van der Waals surface area (Å²) in [6.07, 6.45) is 1.00. The van der Waals surface area contributed by atoms with Crippen LogP contribution in [0.4, 0.5) is 0 Å². The maximum Gasteiger partial charge on any atom is 0.345 e. The summed E-state index contributed by atoms with van der Waals surface area (Å²) in [7, 11) is 0. The number of unbranched alkanes of at least 4 members (excludes halogenated alkanes) is 3. The van der Waals surface area contributed by atoms with Gasteiger partial charge in [0, 0.05) is 17.6 Å². The van der Waals surface area contributed by atoms with Gasteiger partial charge in [-0.15, -0.1) is 0 Å². The van der Waals surface area contributed by atoms with Crippen molar-refractivity contribution < 1.29 is 53.9 Å². The third-order valence-corrected chi connectivity index (χ3v) is 7.06. The molecule has 0 bridgehead atoms. The van der Waals surface area contributed by atoms with Gasteiger partial charge in [0.05, 0.1) is 35.0 Å². The Morgan fingerprint density at radius 1 is 0.892 bits per heavy atom. The molecule has 0 spiro atoms. The maximum atomic E-state index is 12.8. The van der Waals surface area contributed by atoms with E-state index < -0.39 is 65.6 Å². The van der Waals surface area contributed by atoms with Gasteiger partial charge in [-0.05, 0) is 38.0 Å². The van der Waals surface area contributed by atoms with E-state index in [4.69, 9.17) is 14.6 Å². The summed E-state index contributed by atoms with van der Waals surface area (Å²) < 4.78 is 9.55. The van der Waals surface area contributed by atoms with E-state index in [2.05, 4.69) is 0 Å². The van der Waals surface area contributed by atoms with E-state index in [1.165, 1.54) is 6.08 Å².